The van der Waals surface area contributed by atoms with Crippen LogP contribution in [0, 0.1) is 5.92 Å². The molecule has 2 N–H and O–H groups in total. The molecule has 0 amide bonds. The van der Waals surface area contributed by atoms with E-state index in [2.05, 4.69) is 18.8 Å². The molecule has 0 aliphatic rings. The molecule has 0 bridgehead atoms. The summed E-state index contributed by atoms with van der Waals surface area (Å²) < 4.78 is 10.6. The van der Waals surface area contributed by atoms with E-state index < -0.39 is 0 Å². The van der Waals surface area contributed by atoms with Crippen LogP contribution >= 0.6 is 11.3 Å². The first-order valence-corrected chi connectivity index (χ1v) is 7.38. The first kappa shape index (κ1) is 14.8. The van der Waals surface area contributed by atoms with E-state index >= 15 is 0 Å². The van der Waals surface area contributed by atoms with Crippen LogP contribution in [0.1, 0.15) is 24.9 Å². The Kier molecular flexibility index (Phi) is 4.62. The summed E-state index contributed by atoms with van der Waals surface area (Å²) in [5.41, 5.74) is 7.98. The Morgan fingerprint density at radius 3 is 2.55 bits per heavy atom. The minimum Gasteiger partial charge on any atom is -0.497 e. The number of rotatable bonds is 5. The topological polar surface area (TPSA) is 57.4 Å². The second-order valence-electron chi connectivity index (χ2n) is 4.91. The van der Waals surface area contributed by atoms with Crippen molar-refractivity contribution in [2.24, 2.45) is 11.7 Å². The number of hydrogen-bond donors (Lipinski definition) is 1. The highest BCUT2D eigenvalue weighted by Gasteiger charge is 2.17. The number of nitrogens with zero attached hydrogens (tertiary/aromatic N) is 1. The van der Waals surface area contributed by atoms with Gasteiger partial charge in [0.05, 0.1) is 26.0 Å². The van der Waals surface area contributed by atoms with Gasteiger partial charge in [-0.15, -0.1) is 11.3 Å². The van der Waals surface area contributed by atoms with Gasteiger partial charge in [-0.25, -0.2) is 4.98 Å². The number of methoxy groups -OCH3 is 2. The molecule has 0 spiro atoms. The normalized spacial score (nSPS) is 12.5. The smallest absolute Gasteiger partial charge is 0.131 e. The molecule has 0 fully saturated rings. The number of benzene rings is 1. The third kappa shape index (κ3) is 2.94. The summed E-state index contributed by atoms with van der Waals surface area (Å²) in [6.07, 6.45) is 0. The zero-order valence-electron chi connectivity index (χ0n) is 12.2. The maximum atomic E-state index is 6.14. The summed E-state index contributed by atoms with van der Waals surface area (Å²) in [5, 5.41) is 2.97. The van der Waals surface area contributed by atoms with Crippen LogP contribution < -0.4 is 15.2 Å². The lowest BCUT2D eigenvalue weighted by Crippen LogP contribution is -2.16. The van der Waals surface area contributed by atoms with Crippen molar-refractivity contribution in [3.05, 3.63) is 28.6 Å². The van der Waals surface area contributed by atoms with Crippen molar-refractivity contribution in [1.82, 2.24) is 4.98 Å². The van der Waals surface area contributed by atoms with Crippen molar-refractivity contribution >= 4 is 11.3 Å². The SMILES string of the molecule is COc1ccc(-c2csc(C(N)C(C)C)n2)c(OC)c1. The predicted octanol–water partition coefficient (Wildman–Crippen LogP) is 3.48. The van der Waals surface area contributed by atoms with Crippen LogP contribution in [0.3, 0.4) is 0 Å². The van der Waals surface area contributed by atoms with E-state index in [1.165, 1.54) is 0 Å². The van der Waals surface area contributed by atoms with Crippen molar-refractivity contribution < 1.29 is 9.47 Å². The highest BCUT2D eigenvalue weighted by molar-refractivity contribution is 7.10. The fourth-order valence-electron chi connectivity index (χ4n) is 1.86. The van der Waals surface area contributed by atoms with Crippen LogP contribution in [0.25, 0.3) is 11.3 Å². The van der Waals surface area contributed by atoms with Gasteiger partial charge in [-0.05, 0) is 18.1 Å². The molecule has 1 unspecified atom stereocenters. The lowest BCUT2D eigenvalue weighted by molar-refractivity contribution is 0.395. The van der Waals surface area contributed by atoms with Crippen LogP contribution in [-0.2, 0) is 0 Å². The van der Waals surface area contributed by atoms with E-state index in [0.29, 0.717) is 5.92 Å². The monoisotopic (exact) mass is 292 g/mol. The number of aromatic nitrogens is 1. The third-order valence-corrected chi connectivity index (χ3v) is 4.16. The molecule has 2 rings (SSSR count). The predicted molar refractivity (Wildman–Crippen MR) is 82.4 cm³/mol. The average Bonchev–Trinajstić information content (AvgIpc) is 2.95. The first-order chi connectivity index (χ1) is 9.56. The first-order valence-electron chi connectivity index (χ1n) is 6.50. The number of ether oxygens (including phenoxy) is 2. The lowest BCUT2D eigenvalue weighted by Gasteiger charge is -2.12. The molecule has 1 aromatic carbocycles. The molecule has 0 radical (unpaired) electrons. The van der Waals surface area contributed by atoms with Gasteiger partial charge in [0.15, 0.2) is 0 Å². The fraction of sp³-hybridized carbons (Fsp3) is 0.400. The minimum absolute atomic E-state index is 0.0296. The summed E-state index contributed by atoms with van der Waals surface area (Å²) in [7, 11) is 3.28. The number of hydrogen-bond acceptors (Lipinski definition) is 5. The second-order valence-corrected chi connectivity index (χ2v) is 5.80. The third-order valence-electron chi connectivity index (χ3n) is 3.21. The van der Waals surface area contributed by atoms with E-state index in [9.17, 15) is 0 Å². The van der Waals surface area contributed by atoms with E-state index in [4.69, 9.17) is 15.2 Å². The van der Waals surface area contributed by atoms with Gasteiger partial charge in [-0.1, -0.05) is 13.8 Å². The summed E-state index contributed by atoms with van der Waals surface area (Å²) in [4.78, 5) is 4.64. The maximum Gasteiger partial charge on any atom is 0.131 e. The molecular formula is C15H20N2O2S. The number of nitrogens with two attached hydrogens (primary N) is 1. The largest absolute Gasteiger partial charge is 0.497 e. The van der Waals surface area contributed by atoms with Crippen molar-refractivity contribution in [2.75, 3.05) is 14.2 Å². The Morgan fingerprint density at radius 2 is 1.95 bits per heavy atom. The summed E-state index contributed by atoms with van der Waals surface area (Å²) in [6, 6.07) is 5.69. The Balaban J connectivity index is 2.37. The van der Waals surface area contributed by atoms with Gasteiger partial charge in [0.2, 0.25) is 0 Å². The minimum atomic E-state index is -0.0296. The Bertz CT molecular complexity index is 581. The second kappa shape index (κ2) is 6.24. The summed E-state index contributed by atoms with van der Waals surface area (Å²) >= 11 is 1.59. The quantitative estimate of drug-likeness (QED) is 0.916. The Hall–Kier alpha value is -1.59. The molecule has 4 nitrogen and oxygen atoms in total. The Labute approximate surface area is 123 Å². The molecule has 0 aliphatic heterocycles. The van der Waals surface area contributed by atoms with Crippen molar-refractivity contribution in [3.63, 3.8) is 0 Å². The molecule has 0 saturated carbocycles. The molecular weight excluding hydrogens is 272 g/mol. The maximum absolute atomic E-state index is 6.14. The highest BCUT2D eigenvalue weighted by atomic mass is 32.1. The summed E-state index contributed by atoms with van der Waals surface area (Å²) in [5.74, 6) is 1.88. The van der Waals surface area contributed by atoms with E-state index in [0.717, 1.165) is 27.8 Å². The molecule has 108 valence electrons. The van der Waals surface area contributed by atoms with Crippen LogP contribution in [0.2, 0.25) is 0 Å². The van der Waals surface area contributed by atoms with Crippen molar-refractivity contribution in [3.8, 4) is 22.8 Å². The molecule has 1 heterocycles. The van der Waals surface area contributed by atoms with Gasteiger partial charge in [0, 0.05) is 17.0 Å². The average molecular weight is 292 g/mol. The van der Waals surface area contributed by atoms with Gasteiger partial charge in [0.1, 0.15) is 16.5 Å². The van der Waals surface area contributed by atoms with E-state index in [1.54, 1.807) is 25.6 Å². The summed E-state index contributed by atoms with van der Waals surface area (Å²) in [6.45, 7) is 4.19. The van der Waals surface area contributed by atoms with Crippen molar-refractivity contribution in [1.29, 1.82) is 0 Å². The lowest BCUT2D eigenvalue weighted by atomic mass is 10.1. The van der Waals surface area contributed by atoms with Crippen molar-refractivity contribution in [2.45, 2.75) is 19.9 Å². The van der Waals surface area contributed by atoms with Gasteiger partial charge >= 0.3 is 0 Å². The fourth-order valence-corrected chi connectivity index (χ4v) is 2.85. The highest BCUT2D eigenvalue weighted by Crippen LogP contribution is 2.35. The van der Waals surface area contributed by atoms with Gasteiger partial charge in [0.25, 0.3) is 0 Å². The van der Waals surface area contributed by atoms with Gasteiger partial charge in [-0.3, -0.25) is 0 Å². The molecule has 5 heteroatoms. The zero-order valence-corrected chi connectivity index (χ0v) is 13.0. The van der Waals surface area contributed by atoms with Crippen LogP contribution in [0.5, 0.6) is 11.5 Å². The van der Waals surface area contributed by atoms with Crippen LogP contribution in [0.15, 0.2) is 23.6 Å². The molecule has 0 aliphatic carbocycles. The zero-order chi connectivity index (χ0) is 14.7. The van der Waals surface area contributed by atoms with Gasteiger partial charge < -0.3 is 15.2 Å². The molecule has 0 saturated heterocycles. The molecule has 2 aromatic rings. The molecule has 1 aromatic heterocycles. The van der Waals surface area contributed by atoms with E-state index in [-0.39, 0.29) is 6.04 Å². The van der Waals surface area contributed by atoms with Crippen LogP contribution in [-0.4, -0.2) is 19.2 Å². The molecule has 1 atom stereocenters. The number of thiazole rings is 1. The molecule has 20 heavy (non-hydrogen) atoms. The standard InChI is InChI=1S/C15H20N2O2S/c1-9(2)14(16)15-17-12(8-20-15)11-6-5-10(18-3)7-13(11)19-4/h5-9,14H,16H2,1-4H3. The van der Waals surface area contributed by atoms with Gasteiger partial charge in [-0.2, -0.15) is 0 Å². The van der Waals surface area contributed by atoms with E-state index in [1.807, 2.05) is 23.6 Å². The Morgan fingerprint density at radius 1 is 1.20 bits per heavy atom. The van der Waals surface area contributed by atoms with Crippen LogP contribution in [0.4, 0.5) is 0 Å².